The average Bonchev–Trinajstić information content (AvgIpc) is 2.06. The number of benzene rings is 1. The van der Waals surface area contributed by atoms with Crippen LogP contribution < -0.4 is 4.43 Å². The second-order valence-corrected chi connectivity index (χ2v) is 8.85. The maximum absolute atomic E-state index is 6.00. The number of hydrogen-bond donors (Lipinski definition) is 0. The summed E-state index contributed by atoms with van der Waals surface area (Å²) < 4.78 is 6.00. The zero-order chi connectivity index (χ0) is 10.6. The zero-order valence-corrected chi connectivity index (χ0v) is 10.3. The Morgan fingerprint density at radius 2 is 1.86 bits per heavy atom. The van der Waals surface area contributed by atoms with Gasteiger partial charge >= 0.3 is 0 Å². The summed E-state index contributed by atoms with van der Waals surface area (Å²) in [6.07, 6.45) is 1.92. The monoisotopic (exact) mass is 207 g/mol. The van der Waals surface area contributed by atoms with Crippen LogP contribution in [-0.4, -0.2) is 8.32 Å². The summed E-state index contributed by atoms with van der Waals surface area (Å²) in [5.74, 6) is 1.05. The van der Waals surface area contributed by atoms with Crippen molar-refractivity contribution in [1.29, 1.82) is 0 Å². The molecule has 14 heavy (non-hydrogen) atoms. The van der Waals surface area contributed by atoms with Gasteiger partial charge in [0.2, 0.25) is 8.32 Å². The Bertz CT molecular complexity index is 289. The molecule has 0 bridgehead atoms. The molecule has 1 nitrogen and oxygen atoms in total. The molecule has 0 N–H and O–H groups in total. The molecule has 0 saturated heterocycles. The summed E-state index contributed by atoms with van der Waals surface area (Å²) in [4.78, 5) is 0. The van der Waals surface area contributed by atoms with Gasteiger partial charge in [-0.25, -0.2) is 0 Å². The van der Waals surface area contributed by atoms with Crippen LogP contribution in [0.15, 0.2) is 24.3 Å². The van der Waals surface area contributed by atoms with Crippen LogP contribution in [0.4, 0.5) is 0 Å². The van der Waals surface area contributed by atoms with E-state index in [1.54, 1.807) is 0 Å². The van der Waals surface area contributed by atoms with E-state index in [1.807, 2.05) is 6.07 Å². The van der Waals surface area contributed by atoms with E-state index in [-0.39, 0.29) is 0 Å². The van der Waals surface area contributed by atoms with Crippen LogP contribution in [0.2, 0.25) is 19.6 Å². The predicted octanol–water partition coefficient (Wildman–Crippen LogP) is 3.67. The molecular formula is C12H19OSi. The highest BCUT2D eigenvalue weighted by molar-refractivity contribution is 6.70. The van der Waals surface area contributed by atoms with Crippen LogP contribution >= 0.6 is 0 Å². The highest BCUT2D eigenvalue weighted by atomic mass is 28.4. The van der Waals surface area contributed by atoms with Crippen molar-refractivity contribution >= 4 is 8.32 Å². The lowest BCUT2D eigenvalue weighted by atomic mass is 10.1. The van der Waals surface area contributed by atoms with Crippen molar-refractivity contribution in [3.63, 3.8) is 0 Å². The van der Waals surface area contributed by atoms with Gasteiger partial charge in [0.1, 0.15) is 5.75 Å². The standard InChI is InChI=1S/C12H19OSi/c1-5-8-11-9-6-7-10-12(11)13-14(2,3)4/h6-7,9-10H,1,5,8H2,2-4H3. The number of aryl methyl sites for hydroxylation is 1. The van der Waals surface area contributed by atoms with E-state index in [0.29, 0.717) is 0 Å². The molecule has 0 heterocycles. The van der Waals surface area contributed by atoms with Crippen LogP contribution in [-0.2, 0) is 6.42 Å². The van der Waals surface area contributed by atoms with E-state index < -0.39 is 8.32 Å². The topological polar surface area (TPSA) is 9.23 Å². The molecule has 0 unspecified atom stereocenters. The quantitative estimate of drug-likeness (QED) is 0.685. The van der Waals surface area contributed by atoms with E-state index in [9.17, 15) is 0 Å². The van der Waals surface area contributed by atoms with Crippen LogP contribution in [0.25, 0.3) is 0 Å². The Balaban J connectivity index is 2.84. The normalized spacial score (nSPS) is 11.4. The molecule has 0 saturated carbocycles. The van der Waals surface area contributed by atoms with Crippen LogP contribution in [0.1, 0.15) is 12.0 Å². The largest absolute Gasteiger partial charge is 0.544 e. The molecule has 1 radical (unpaired) electrons. The first kappa shape index (κ1) is 11.3. The van der Waals surface area contributed by atoms with E-state index in [1.165, 1.54) is 5.56 Å². The summed E-state index contributed by atoms with van der Waals surface area (Å²) in [7, 11) is -1.48. The summed E-state index contributed by atoms with van der Waals surface area (Å²) in [5, 5.41) is 0. The first-order chi connectivity index (χ1) is 6.53. The highest BCUT2D eigenvalue weighted by Crippen LogP contribution is 2.22. The van der Waals surface area contributed by atoms with Gasteiger partial charge < -0.3 is 4.43 Å². The number of para-hydroxylation sites is 1. The molecular weight excluding hydrogens is 188 g/mol. The predicted molar refractivity (Wildman–Crippen MR) is 64.1 cm³/mol. The maximum atomic E-state index is 6.00. The zero-order valence-electron chi connectivity index (χ0n) is 9.34. The lowest BCUT2D eigenvalue weighted by molar-refractivity contribution is 0.549. The molecule has 2 heteroatoms. The third kappa shape index (κ3) is 3.54. The lowest BCUT2D eigenvalue weighted by Crippen LogP contribution is -2.29. The minimum atomic E-state index is -1.48. The van der Waals surface area contributed by atoms with E-state index in [0.717, 1.165) is 18.6 Å². The molecule has 1 aromatic carbocycles. The van der Waals surface area contributed by atoms with Crippen LogP contribution in [0, 0.1) is 6.92 Å². The van der Waals surface area contributed by atoms with Crippen molar-refractivity contribution in [2.24, 2.45) is 0 Å². The third-order valence-corrected chi connectivity index (χ3v) is 2.67. The van der Waals surface area contributed by atoms with Crippen molar-refractivity contribution in [1.82, 2.24) is 0 Å². The molecule has 0 amide bonds. The molecule has 1 rings (SSSR count). The molecule has 77 valence electrons. The van der Waals surface area contributed by atoms with Crippen molar-refractivity contribution in [2.75, 3.05) is 0 Å². The molecule has 1 aromatic rings. The Labute approximate surface area is 88.2 Å². The van der Waals surface area contributed by atoms with Gasteiger partial charge in [-0.15, -0.1) is 0 Å². The van der Waals surface area contributed by atoms with Gasteiger partial charge in [0.05, 0.1) is 0 Å². The van der Waals surface area contributed by atoms with Gasteiger partial charge in [-0.3, -0.25) is 0 Å². The highest BCUT2D eigenvalue weighted by Gasteiger charge is 2.17. The second kappa shape index (κ2) is 4.65. The molecule has 0 aliphatic carbocycles. The van der Waals surface area contributed by atoms with Gasteiger partial charge in [0.15, 0.2) is 0 Å². The summed E-state index contributed by atoms with van der Waals surface area (Å²) in [6, 6.07) is 8.27. The van der Waals surface area contributed by atoms with E-state index in [2.05, 4.69) is 44.8 Å². The fraction of sp³-hybridized carbons (Fsp3) is 0.417. The van der Waals surface area contributed by atoms with Crippen molar-refractivity contribution in [2.45, 2.75) is 32.5 Å². The first-order valence-corrected chi connectivity index (χ1v) is 8.50. The van der Waals surface area contributed by atoms with Gasteiger partial charge in [-0.1, -0.05) is 25.1 Å². The van der Waals surface area contributed by atoms with Gasteiger partial charge in [-0.2, -0.15) is 0 Å². The first-order valence-electron chi connectivity index (χ1n) is 5.09. The van der Waals surface area contributed by atoms with Crippen LogP contribution in [0.3, 0.4) is 0 Å². The maximum Gasteiger partial charge on any atom is 0.242 e. The Morgan fingerprint density at radius 1 is 1.21 bits per heavy atom. The third-order valence-electron chi connectivity index (χ3n) is 1.83. The Kier molecular flexibility index (Phi) is 3.75. The molecule has 0 aromatic heterocycles. The summed E-state index contributed by atoms with van der Waals surface area (Å²) in [5.41, 5.74) is 1.28. The van der Waals surface area contributed by atoms with Gasteiger partial charge in [0, 0.05) is 0 Å². The second-order valence-electron chi connectivity index (χ2n) is 4.43. The molecule has 0 spiro atoms. The lowest BCUT2D eigenvalue weighted by Gasteiger charge is -2.21. The van der Waals surface area contributed by atoms with Crippen molar-refractivity contribution in [3.8, 4) is 5.75 Å². The van der Waals surface area contributed by atoms with Gasteiger partial charge in [-0.05, 0) is 44.1 Å². The molecule has 0 atom stereocenters. The summed E-state index contributed by atoms with van der Waals surface area (Å²) in [6.45, 7) is 10.5. The fourth-order valence-corrected chi connectivity index (χ4v) is 2.19. The van der Waals surface area contributed by atoms with Crippen LogP contribution in [0.5, 0.6) is 5.75 Å². The minimum absolute atomic E-state index is 0.923. The number of rotatable bonds is 4. The van der Waals surface area contributed by atoms with E-state index >= 15 is 0 Å². The van der Waals surface area contributed by atoms with Crippen molar-refractivity contribution in [3.05, 3.63) is 36.8 Å². The van der Waals surface area contributed by atoms with Crippen molar-refractivity contribution < 1.29 is 4.43 Å². The fourth-order valence-electron chi connectivity index (χ4n) is 1.33. The average molecular weight is 207 g/mol. The Morgan fingerprint density at radius 3 is 2.43 bits per heavy atom. The smallest absolute Gasteiger partial charge is 0.242 e. The Hall–Kier alpha value is -0.763. The molecule has 0 aliphatic rings. The molecule has 0 aliphatic heterocycles. The number of hydrogen-bond acceptors (Lipinski definition) is 1. The summed E-state index contributed by atoms with van der Waals surface area (Å²) >= 11 is 0. The SMILES string of the molecule is [CH2]CCc1ccccc1O[Si](C)(C)C. The minimum Gasteiger partial charge on any atom is -0.544 e. The van der Waals surface area contributed by atoms with E-state index in [4.69, 9.17) is 4.43 Å². The van der Waals surface area contributed by atoms with Gasteiger partial charge in [0.25, 0.3) is 0 Å². The molecule has 0 fully saturated rings.